The summed E-state index contributed by atoms with van der Waals surface area (Å²) >= 11 is 0. The fraction of sp³-hybridized carbons (Fsp3) is 0.514. The highest BCUT2D eigenvalue weighted by atomic mass is 19.1. The molecule has 0 fully saturated rings. The van der Waals surface area contributed by atoms with E-state index in [1.165, 1.54) is 44.6 Å². The molecule has 5 nitrogen and oxygen atoms in total. The number of esters is 1. The SMILES string of the molecule is CCCCCCCCCCOc1ccc(-c2cnc(-c3ccc(OC(=O)C(C)CCCC(C)C)cc3)nc2)cc1F. The predicted octanol–water partition coefficient (Wildman–Crippen LogP) is 9.84. The van der Waals surface area contributed by atoms with Crippen molar-refractivity contribution in [2.45, 2.75) is 98.3 Å². The Morgan fingerprint density at radius 1 is 0.780 bits per heavy atom. The molecule has 0 radical (unpaired) electrons. The topological polar surface area (TPSA) is 61.3 Å². The van der Waals surface area contributed by atoms with Crippen LogP contribution in [0.1, 0.15) is 98.3 Å². The molecule has 1 aromatic heterocycles. The van der Waals surface area contributed by atoms with Crippen LogP contribution in [0, 0.1) is 17.7 Å². The van der Waals surface area contributed by atoms with Crippen LogP contribution in [0.2, 0.25) is 0 Å². The van der Waals surface area contributed by atoms with Gasteiger partial charge in [-0.3, -0.25) is 4.79 Å². The van der Waals surface area contributed by atoms with E-state index in [0.717, 1.165) is 43.2 Å². The van der Waals surface area contributed by atoms with Crippen LogP contribution in [0.3, 0.4) is 0 Å². The van der Waals surface area contributed by atoms with E-state index in [1.54, 1.807) is 30.6 Å². The highest BCUT2D eigenvalue weighted by molar-refractivity contribution is 5.75. The van der Waals surface area contributed by atoms with Crippen LogP contribution >= 0.6 is 0 Å². The number of rotatable bonds is 18. The van der Waals surface area contributed by atoms with Crippen molar-refractivity contribution in [1.82, 2.24) is 9.97 Å². The molecule has 0 saturated carbocycles. The number of unbranched alkanes of at least 4 members (excludes halogenated alkanes) is 7. The molecule has 41 heavy (non-hydrogen) atoms. The van der Waals surface area contributed by atoms with Crippen molar-refractivity contribution < 1.29 is 18.7 Å². The van der Waals surface area contributed by atoms with Crippen LogP contribution in [-0.4, -0.2) is 22.5 Å². The van der Waals surface area contributed by atoms with Gasteiger partial charge in [0.1, 0.15) is 5.75 Å². The molecule has 0 aliphatic carbocycles. The molecule has 6 heteroatoms. The molecule has 0 aliphatic rings. The molecule has 2 aromatic carbocycles. The van der Waals surface area contributed by atoms with Crippen LogP contribution in [0.4, 0.5) is 4.39 Å². The number of ether oxygens (including phenoxy) is 2. The first kappa shape index (κ1) is 32.2. The second-order valence-electron chi connectivity index (χ2n) is 11.4. The standard InChI is InChI=1S/C35H47FN2O3/c1-5-6-7-8-9-10-11-12-22-40-33-21-18-29(23-32(33)36)30-24-37-34(38-25-30)28-16-19-31(20-17-28)41-35(39)27(4)15-13-14-26(2)3/h16-21,23-27H,5-15,22H2,1-4H3. The highest BCUT2D eigenvalue weighted by Gasteiger charge is 2.16. The molecule has 222 valence electrons. The average molecular weight is 563 g/mol. The Morgan fingerprint density at radius 2 is 1.41 bits per heavy atom. The third-order valence-corrected chi connectivity index (χ3v) is 7.32. The van der Waals surface area contributed by atoms with Gasteiger partial charge in [0, 0.05) is 23.5 Å². The summed E-state index contributed by atoms with van der Waals surface area (Å²) in [6, 6.07) is 12.2. The smallest absolute Gasteiger partial charge is 0.314 e. The van der Waals surface area contributed by atoms with Crippen molar-refractivity contribution in [1.29, 1.82) is 0 Å². The number of benzene rings is 2. The van der Waals surface area contributed by atoms with Crippen molar-refractivity contribution in [2.24, 2.45) is 11.8 Å². The summed E-state index contributed by atoms with van der Waals surface area (Å²) in [5.41, 5.74) is 2.22. The number of carbonyl (C=O) groups is 1. The second-order valence-corrected chi connectivity index (χ2v) is 11.4. The van der Waals surface area contributed by atoms with Crippen LogP contribution < -0.4 is 9.47 Å². The summed E-state index contributed by atoms with van der Waals surface area (Å²) in [5, 5.41) is 0. The Hall–Kier alpha value is -3.28. The van der Waals surface area contributed by atoms with E-state index in [0.29, 0.717) is 29.7 Å². The van der Waals surface area contributed by atoms with Gasteiger partial charge in [-0.2, -0.15) is 0 Å². The molecule has 1 atom stereocenters. The van der Waals surface area contributed by atoms with E-state index >= 15 is 0 Å². The Balaban J connectivity index is 1.47. The molecule has 3 aromatic rings. The van der Waals surface area contributed by atoms with E-state index in [-0.39, 0.29) is 23.5 Å². The van der Waals surface area contributed by atoms with Gasteiger partial charge in [-0.15, -0.1) is 0 Å². The van der Waals surface area contributed by atoms with Gasteiger partial charge in [0.05, 0.1) is 12.5 Å². The summed E-state index contributed by atoms with van der Waals surface area (Å²) in [7, 11) is 0. The van der Waals surface area contributed by atoms with Crippen molar-refractivity contribution in [3.63, 3.8) is 0 Å². The predicted molar refractivity (Wildman–Crippen MR) is 164 cm³/mol. The van der Waals surface area contributed by atoms with Gasteiger partial charge in [-0.25, -0.2) is 14.4 Å². The zero-order chi connectivity index (χ0) is 29.5. The largest absolute Gasteiger partial charge is 0.491 e. The minimum absolute atomic E-state index is 0.135. The monoisotopic (exact) mass is 562 g/mol. The van der Waals surface area contributed by atoms with Crippen LogP contribution in [-0.2, 0) is 4.79 Å². The molecular formula is C35H47FN2O3. The summed E-state index contributed by atoms with van der Waals surface area (Å²) in [6.45, 7) is 9.05. The lowest BCUT2D eigenvalue weighted by Crippen LogP contribution is -2.17. The lowest BCUT2D eigenvalue weighted by molar-refractivity contribution is -0.138. The first-order chi connectivity index (χ1) is 19.9. The van der Waals surface area contributed by atoms with Crippen molar-refractivity contribution >= 4 is 5.97 Å². The van der Waals surface area contributed by atoms with Gasteiger partial charge < -0.3 is 9.47 Å². The molecule has 0 aliphatic heterocycles. The van der Waals surface area contributed by atoms with Crippen LogP contribution in [0.25, 0.3) is 22.5 Å². The van der Waals surface area contributed by atoms with E-state index in [4.69, 9.17) is 9.47 Å². The lowest BCUT2D eigenvalue weighted by atomic mass is 10.00. The van der Waals surface area contributed by atoms with Crippen molar-refractivity contribution in [3.05, 3.63) is 60.7 Å². The van der Waals surface area contributed by atoms with Crippen molar-refractivity contribution in [3.8, 4) is 34.0 Å². The fourth-order valence-electron chi connectivity index (χ4n) is 4.68. The van der Waals surface area contributed by atoms with E-state index in [1.807, 2.05) is 25.1 Å². The van der Waals surface area contributed by atoms with E-state index in [2.05, 4.69) is 30.7 Å². The van der Waals surface area contributed by atoms with Gasteiger partial charge >= 0.3 is 5.97 Å². The number of hydrogen-bond donors (Lipinski definition) is 0. The number of aromatic nitrogens is 2. The molecule has 1 heterocycles. The van der Waals surface area contributed by atoms with Crippen LogP contribution in [0.5, 0.6) is 11.5 Å². The highest BCUT2D eigenvalue weighted by Crippen LogP contribution is 2.27. The minimum Gasteiger partial charge on any atom is -0.491 e. The molecule has 0 amide bonds. The number of hydrogen-bond acceptors (Lipinski definition) is 5. The number of carbonyl (C=O) groups excluding carboxylic acids is 1. The van der Waals surface area contributed by atoms with Crippen molar-refractivity contribution in [2.75, 3.05) is 6.61 Å². The second kappa shape index (κ2) is 17.5. The minimum atomic E-state index is -0.384. The molecule has 1 unspecified atom stereocenters. The summed E-state index contributed by atoms with van der Waals surface area (Å²) in [6.07, 6.45) is 16.1. The average Bonchev–Trinajstić information content (AvgIpc) is 2.97. The first-order valence-corrected chi connectivity index (χ1v) is 15.4. The Kier molecular flexibility index (Phi) is 13.8. The Morgan fingerprint density at radius 3 is 2.05 bits per heavy atom. The summed E-state index contributed by atoms with van der Waals surface area (Å²) in [4.78, 5) is 21.4. The molecule has 0 N–H and O–H groups in total. The number of halogens is 1. The molecule has 0 saturated heterocycles. The molecule has 3 rings (SSSR count). The maximum absolute atomic E-state index is 14.7. The summed E-state index contributed by atoms with van der Waals surface area (Å²) < 4.78 is 25.9. The van der Waals surface area contributed by atoms with Gasteiger partial charge in [0.2, 0.25) is 0 Å². The maximum atomic E-state index is 14.7. The third-order valence-electron chi connectivity index (χ3n) is 7.32. The lowest BCUT2D eigenvalue weighted by Gasteiger charge is -2.12. The third kappa shape index (κ3) is 11.3. The summed E-state index contributed by atoms with van der Waals surface area (Å²) in [5.74, 6) is 1.23. The van der Waals surface area contributed by atoms with Crippen LogP contribution in [0.15, 0.2) is 54.9 Å². The van der Waals surface area contributed by atoms with Gasteiger partial charge in [-0.05, 0) is 60.7 Å². The quantitative estimate of drug-likeness (QED) is 0.0877. The van der Waals surface area contributed by atoms with E-state index < -0.39 is 0 Å². The Labute approximate surface area is 245 Å². The normalized spacial score (nSPS) is 12.0. The van der Waals surface area contributed by atoms with Gasteiger partial charge in [0.25, 0.3) is 0 Å². The zero-order valence-electron chi connectivity index (χ0n) is 25.3. The fourth-order valence-corrected chi connectivity index (χ4v) is 4.68. The molecule has 0 bridgehead atoms. The van der Waals surface area contributed by atoms with E-state index in [9.17, 15) is 9.18 Å². The molecule has 0 spiro atoms. The molecular weight excluding hydrogens is 515 g/mol. The van der Waals surface area contributed by atoms with Gasteiger partial charge in [0.15, 0.2) is 17.4 Å². The Bertz CT molecular complexity index is 1180. The first-order valence-electron chi connectivity index (χ1n) is 15.4. The zero-order valence-corrected chi connectivity index (χ0v) is 25.3. The number of nitrogens with zero attached hydrogens (tertiary/aromatic N) is 2. The maximum Gasteiger partial charge on any atom is 0.314 e. The van der Waals surface area contributed by atoms with Gasteiger partial charge in [-0.1, -0.05) is 91.5 Å².